The number of fused-ring (bicyclic) bond motifs is 1. The lowest BCUT2D eigenvalue weighted by Crippen LogP contribution is -2.44. The molecule has 49 heavy (non-hydrogen) atoms. The number of hydrogen-bond acceptors (Lipinski definition) is 6. The average molecular weight is 653 g/mol. The second-order valence-corrected chi connectivity index (χ2v) is 12.9. The highest BCUT2D eigenvalue weighted by Crippen LogP contribution is 2.42. The van der Waals surface area contributed by atoms with Crippen molar-refractivity contribution >= 4 is 11.8 Å². The summed E-state index contributed by atoms with van der Waals surface area (Å²) in [5.74, 6) is -0.518. The normalized spacial score (nSPS) is 20.5. The SMILES string of the molecule is CC1C(CN(Cc2ccccc2)Cc2ccccc2)OC(c2ccc(CN3C(=O)c4ccccc4C3=O)cc2)OC1c1ccc(CO)cc1. The number of amides is 2. The second kappa shape index (κ2) is 14.7. The predicted octanol–water partition coefficient (Wildman–Crippen LogP) is 7.47. The van der Waals surface area contributed by atoms with Crippen LogP contribution in [0.5, 0.6) is 0 Å². The first-order chi connectivity index (χ1) is 24.0. The number of aliphatic hydroxyl groups is 1. The van der Waals surface area contributed by atoms with E-state index in [0.717, 1.165) is 35.3 Å². The van der Waals surface area contributed by atoms with Gasteiger partial charge >= 0.3 is 0 Å². The van der Waals surface area contributed by atoms with E-state index in [1.807, 2.05) is 60.7 Å². The van der Waals surface area contributed by atoms with Crippen LogP contribution in [0.15, 0.2) is 133 Å². The number of rotatable bonds is 11. The first-order valence-electron chi connectivity index (χ1n) is 16.8. The summed E-state index contributed by atoms with van der Waals surface area (Å²) in [7, 11) is 0. The van der Waals surface area contributed by atoms with Gasteiger partial charge in [-0.3, -0.25) is 19.4 Å². The highest BCUT2D eigenvalue weighted by atomic mass is 16.7. The molecule has 2 amide bonds. The van der Waals surface area contributed by atoms with Gasteiger partial charge in [-0.05, 0) is 39.9 Å². The molecule has 0 saturated carbocycles. The molecule has 2 aliphatic heterocycles. The molecule has 5 aromatic carbocycles. The predicted molar refractivity (Wildman–Crippen MR) is 187 cm³/mol. The van der Waals surface area contributed by atoms with E-state index in [9.17, 15) is 14.7 Å². The van der Waals surface area contributed by atoms with Crippen molar-refractivity contribution in [1.82, 2.24) is 9.80 Å². The summed E-state index contributed by atoms with van der Waals surface area (Å²) < 4.78 is 13.5. The molecule has 248 valence electrons. The number of benzene rings is 5. The fourth-order valence-corrected chi connectivity index (χ4v) is 6.80. The summed E-state index contributed by atoms with van der Waals surface area (Å²) >= 11 is 0. The maximum atomic E-state index is 13.0. The van der Waals surface area contributed by atoms with Crippen LogP contribution < -0.4 is 0 Å². The van der Waals surface area contributed by atoms with E-state index < -0.39 is 6.29 Å². The molecule has 0 bridgehead atoms. The minimum Gasteiger partial charge on any atom is -0.392 e. The number of hydrogen-bond donors (Lipinski definition) is 1. The lowest BCUT2D eigenvalue weighted by atomic mass is 9.89. The molecular weight excluding hydrogens is 612 g/mol. The van der Waals surface area contributed by atoms with Crippen LogP contribution in [-0.4, -0.2) is 39.4 Å². The van der Waals surface area contributed by atoms with Crippen molar-refractivity contribution in [1.29, 1.82) is 0 Å². The zero-order valence-corrected chi connectivity index (χ0v) is 27.5. The van der Waals surface area contributed by atoms with Crippen LogP contribution in [-0.2, 0) is 35.7 Å². The van der Waals surface area contributed by atoms with Crippen LogP contribution in [0.1, 0.15) is 73.4 Å². The highest BCUT2D eigenvalue weighted by Gasteiger charge is 2.39. The highest BCUT2D eigenvalue weighted by molar-refractivity contribution is 6.21. The molecule has 7 rings (SSSR count). The fraction of sp³-hybridized carbons (Fsp3) is 0.238. The molecule has 7 heteroatoms. The van der Waals surface area contributed by atoms with Gasteiger partial charge < -0.3 is 14.6 Å². The van der Waals surface area contributed by atoms with E-state index in [2.05, 4.69) is 60.4 Å². The molecule has 1 fully saturated rings. The van der Waals surface area contributed by atoms with Crippen molar-refractivity contribution in [3.05, 3.63) is 178 Å². The Labute approximate surface area is 287 Å². The van der Waals surface area contributed by atoms with Gasteiger partial charge in [-0.15, -0.1) is 0 Å². The summed E-state index contributed by atoms with van der Waals surface area (Å²) in [6, 6.07) is 43.7. The van der Waals surface area contributed by atoms with Crippen LogP contribution >= 0.6 is 0 Å². The molecule has 0 aliphatic carbocycles. The Kier molecular flexibility index (Phi) is 9.77. The molecule has 0 aromatic heterocycles. The van der Waals surface area contributed by atoms with Gasteiger partial charge in [0.15, 0.2) is 6.29 Å². The molecule has 0 spiro atoms. The van der Waals surface area contributed by atoms with Crippen LogP contribution in [0.4, 0.5) is 0 Å². The molecule has 7 nitrogen and oxygen atoms in total. The molecule has 1 N–H and O–H groups in total. The van der Waals surface area contributed by atoms with Crippen LogP contribution in [0, 0.1) is 5.92 Å². The largest absolute Gasteiger partial charge is 0.392 e. The van der Waals surface area contributed by atoms with E-state index in [0.29, 0.717) is 17.7 Å². The van der Waals surface area contributed by atoms with Crippen LogP contribution in [0.2, 0.25) is 0 Å². The van der Waals surface area contributed by atoms with Crippen molar-refractivity contribution in [3.63, 3.8) is 0 Å². The molecule has 2 heterocycles. The van der Waals surface area contributed by atoms with E-state index in [4.69, 9.17) is 9.47 Å². The monoisotopic (exact) mass is 652 g/mol. The fourth-order valence-electron chi connectivity index (χ4n) is 6.80. The Balaban J connectivity index is 1.14. The Bertz CT molecular complexity index is 1800. The van der Waals surface area contributed by atoms with Crippen molar-refractivity contribution in [3.8, 4) is 0 Å². The molecule has 2 aliphatic rings. The Hall–Kier alpha value is -4.92. The maximum Gasteiger partial charge on any atom is 0.261 e. The molecule has 4 unspecified atom stereocenters. The van der Waals surface area contributed by atoms with Gasteiger partial charge in [0.2, 0.25) is 0 Å². The van der Waals surface area contributed by atoms with Gasteiger partial charge in [0.05, 0.1) is 36.5 Å². The third-order valence-electron chi connectivity index (χ3n) is 9.53. The zero-order valence-electron chi connectivity index (χ0n) is 27.5. The van der Waals surface area contributed by atoms with Gasteiger partial charge in [0.1, 0.15) is 0 Å². The quantitative estimate of drug-likeness (QED) is 0.149. The van der Waals surface area contributed by atoms with Crippen molar-refractivity contribution < 1.29 is 24.2 Å². The van der Waals surface area contributed by atoms with Gasteiger partial charge in [-0.25, -0.2) is 0 Å². The number of carbonyl (C=O) groups excluding carboxylic acids is 2. The summed E-state index contributed by atoms with van der Waals surface area (Å²) in [6.07, 6.45) is -1.04. The summed E-state index contributed by atoms with van der Waals surface area (Å²) in [4.78, 5) is 29.7. The average Bonchev–Trinajstić information content (AvgIpc) is 3.38. The first-order valence-corrected chi connectivity index (χ1v) is 16.8. The molecular formula is C42H40N2O5. The van der Waals surface area contributed by atoms with E-state index in [1.54, 1.807) is 24.3 Å². The lowest BCUT2D eigenvalue weighted by molar-refractivity contribution is -0.276. The van der Waals surface area contributed by atoms with Crippen LogP contribution in [0.3, 0.4) is 0 Å². The number of aliphatic hydroxyl groups excluding tert-OH is 1. The van der Waals surface area contributed by atoms with Crippen molar-refractivity contribution in [2.75, 3.05) is 6.54 Å². The van der Waals surface area contributed by atoms with E-state index >= 15 is 0 Å². The summed E-state index contributed by atoms with van der Waals surface area (Å²) in [5, 5.41) is 9.65. The Morgan fingerprint density at radius 1 is 0.612 bits per heavy atom. The van der Waals surface area contributed by atoms with Crippen molar-refractivity contribution in [2.24, 2.45) is 5.92 Å². The lowest BCUT2D eigenvalue weighted by Gasteiger charge is -2.43. The molecule has 4 atom stereocenters. The topological polar surface area (TPSA) is 79.3 Å². The number of ether oxygens (including phenoxy) is 2. The van der Waals surface area contributed by atoms with Crippen molar-refractivity contribution in [2.45, 2.75) is 51.7 Å². The van der Waals surface area contributed by atoms with Gasteiger partial charge in [0, 0.05) is 31.1 Å². The van der Waals surface area contributed by atoms with E-state index in [1.165, 1.54) is 16.0 Å². The molecule has 5 aromatic rings. The third-order valence-corrected chi connectivity index (χ3v) is 9.53. The second-order valence-electron chi connectivity index (χ2n) is 12.9. The zero-order chi connectivity index (χ0) is 33.7. The number of carbonyl (C=O) groups is 2. The maximum absolute atomic E-state index is 13.0. The summed E-state index contributed by atoms with van der Waals surface area (Å²) in [6.45, 7) is 4.59. The van der Waals surface area contributed by atoms with Crippen LogP contribution in [0.25, 0.3) is 0 Å². The Morgan fingerprint density at radius 3 is 1.67 bits per heavy atom. The number of nitrogens with zero attached hydrogens (tertiary/aromatic N) is 2. The Morgan fingerprint density at radius 2 is 1.12 bits per heavy atom. The minimum absolute atomic E-state index is 0.0172. The van der Waals surface area contributed by atoms with Gasteiger partial charge in [0.25, 0.3) is 11.8 Å². The minimum atomic E-state index is -0.632. The molecule has 1 saturated heterocycles. The smallest absolute Gasteiger partial charge is 0.261 e. The number of imide groups is 1. The van der Waals surface area contributed by atoms with E-state index in [-0.39, 0.29) is 43.1 Å². The first kappa shape index (κ1) is 32.6. The van der Waals surface area contributed by atoms with Gasteiger partial charge in [-0.1, -0.05) is 128 Å². The van der Waals surface area contributed by atoms with Gasteiger partial charge in [-0.2, -0.15) is 0 Å². The molecule has 0 radical (unpaired) electrons. The summed E-state index contributed by atoms with van der Waals surface area (Å²) in [5.41, 5.74) is 6.94. The standard InChI is InChI=1S/C42H40N2O5/c1-29-38(27-43(24-30-10-4-2-5-11-30)25-31-12-6-3-7-13-31)48-42(49-39(29)34-20-18-33(28-45)19-21-34)35-22-16-32(17-23-35)26-44-40(46)36-14-8-9-15-37(36)41(44)47/h2-23,29,38-39,42,45H,24-28H2,1H3. The third kappa shape index (κ3) is 7.26.